The lowest BCUT2D eigenvalue weighted by molar-refractivity contribution is 0.112. The van der Waals surface area contributed by atoms with Gasteiger partial charge in [-0.15, -0.1) is 11.3 Å². The molecule has 1 aromatic carbocycles. The number of fused-ring (bicyclic) bond motifs is 1. The van der Waals surface area contributed by atoms with Crippen molar-refractivity contribution in [2.24, 2.45) is 0 Å². The smallest absolute Gasteiger partial charge is 0.153 e. The molecule has 2 nitrogen and oxygen atoms in total. The molecule has 0 saturated carbocycles. The molecule has 2 rings (SSSR count). The van der Waals surface area contributed by atoms with Crippen molar-refractivity contribution in [3.8, 4) is 5.75 Å². The van der Waals surface area contributed by atoms with Crippen LogP contribution in [0.2, 0.25) is 0 Å². The fourth-order valence-electron chi connectivity index (χ4n) is 1.34. The summed E-state index contributed by atoms with van der Waals surface area (Å²) in [5.41, 5.74) is 0.352. The Morgan fingerprint density at radius 1 is 1.46 bits per heavy atom. The normalized spacial score (nSPS) is 10.5. The van der Waals surface area contributed by atoms with E-state index in [0.717, 1.165) is 15.0 Å². The van der Waals surface area contributed by atoms with E-state index in [-0.39, 0.29) is 5.75 Å². The van der Waals surface area contributed by atoms with Gasteiger partial charge in [-0.05, 0) is 25.1 Å². The number of phenols is 1. The van der Waals surface area contributed by atoms with E-state index in [0.29, 0.717) is 11.8 Å². The van der Waals surface area contributed by atoms with Gasteiger partial charge in [0, 0.05) is 15.0 Å². The highest BCUT2D eigenvalue weighted by molar-refractivity contribution is 7.19. The molecule has 0 amide bonds. The zero-order valence-corrected chi connectivity index (χ0v) is 7.89. The Labute approximate surface area is 79.4 Å². The van der Waals surface area contributed by atoms with Crippen LogP contribution in [0.5, 0.6) is 5.75 Å². The number of carbonyl (C=O) groups is 1. The maximum atomic E-state index is 10.5. The van der Waals surface area contributed by atoms with Crippen molar-refractivity contribution in [1.82, 2.24) is 0 Å². The summed E-state index contributed by atoms with van der Waals surface area (Å²) in [6.07, 6.45) is 0.668. The fraction of sp³-hybridized carbons (Fsp3) is 0.100. The number of carbonyl (C=O) groups excluding carboxylic acids is 1. The minimum atomic E-state index is 0.0943. The third kappa shape index (κ3) is 1.21. The number of benzene rings is 1. The molecule has 0 atom stereocenters. The van der Waals surface area contributed by atoms with Crippen LogP contribution in [-0.2, 0) is 0 Å². The molecule has 0 spiro atoms. The minimum Gasteiger partial charge on any atom is -0.507 e. The maximum absolute atomic E-state index is 10.5. The van der Waals surface area contributed by atoms with Crippen molar-refractivity contribution in [3.63, 3.8) is 0 Å². The molecule has 1 heterocycles. The van der Waals surface area contributed by atoms with Crippen molar-refractivity contribution >= 4 is 27.7 Å². The van der Waals surface area contributed by atoms with Gasteiger partial charge in [-0.25, -0.2) is 0 Å². The molecule has 3 heteroatoms. The van der Waals surface area contributed by atoms with E-state index in [1.165, 1.54) is 0 Å². The molecule has 1 N–H and O–H groups in total. The highest BCUT2D eigenvalue weighted by Crippen LogP contribution is 2.33. The van der Waals surface area contributed by atoms with Crippen LogP contribution < -0.4 is 0 Å². The Kier molecular flexibility index (Phi) is 1.81. The van der Waals surface area contributed by atoms with Gasteiger partial charge in [-0.3, -0.25) is 4.79 Å². The lowest BCUT2D eigenvalue weighted by atomic mass is 10.1. The molecule has 13 heavy (non-hydrogen) atoms. The SMILES string of the molecule is Cc1cc2c(O)c(C=O)ccc2s1. The van der Waals surface area contributed by atoms with Crippen LogP contribution in [0, 0.1) is 6.92 Å². The van der Waals surface area contributed by atoms with Gasteiger partial charge in [-0.2, -0.15) is 0 Å². The van der Waals surface area contributed by atoms with Crippen LogP contribution >= 0.6 is 11.3 Å². The Morgan fingerprint density at radius 3 is 2.92 bits per heavy atom. The third-order valence-corrected chi connectivity index (χ3v) is 2.97. The van der Waals surface area contributed by atoms with E-state index >= 15 is 0 Å². The van der Waals surface area contributed by atoms with E-state index < -0.39 is 0 Å². The van der Waals surface area contributed by atoms with Crippen molar-refractivity contribution in [1.29, 1.82) is 0 Å². The van der Waals surface area contributed by atoms with Gasteiger partial charge >= 0.3 is 0 Å². The quantitative estimate of drug-likeness (QED) is 0.705. The Balaban J connectivity index is 2.85. The van der Waals surface area contributed by atoms with Crippen LogP contribution in [0.1, 0.15) is 15.2 Å². The first-order valence-electron chi connectivity index (χ1n) is 3.89. The molecular formula is C10H8O2S. The topological polar surface area (TPSA) is 37.3 Å². The van der Waals surface area contributed by atoms with Crippen LogP contribution in [-0.4, -0.2) is 11.4 Å². The average Bonchev–Trinajstić information content (AvgIpc) is 2.47. The van der Waals surface area contributed by atoms with Crippen molar-refractivity contribution < 1.29 is 9.90 Å². The maximum Gasteiger partial charge on any atom is 0.153 e. The summed E-state index contributed by atoms with van der Waals surface area (Å²) in [5, 5.41) is 10.4. The van der Waals surface area contributed by atoms with E-state index in [4.69, 9.17) is 0 Å². The second-order valence-corrected chi connectivity index (χ2v) is 4.18. The lowest BCUT2D eigenvalue weighted by Crippen LogP contribution is -1.79. The van der Waals surface area contributed by atoms with Crippen LogP contribution in [0.25, 0.3) is 10.1 Å². The molecule has 0 aliphatic rings. The zero-order chi connectivity index (χ0) is 9.42. The molecule has 0 radical (unpaired) electrons. The molecule has 0 bridgehead atoms. The number of aromatic hydroxyl groups is 1. The molecule has 1 aromatic heterocycles. The molecule has 2 aromatic rings. The summed E-state index contributed by atoms with van der Waals surface area (Å²) in [6, 6.07) is 5.39. The number of thiophene rings is 1. The standard InChI is InChI=1S/C10H8O2S/c1-6-4-8-9(13-6)3-2-7(5-11)10(8)12/h2-5,12H,1H3. The van der Waals surface area contributed by atoms with Gasteiger partial charge in [0.25, 0.3) is 0 Å². The minimum absolute atomic E-state index is 0.0943. The largest absolute Gasteiger partial charge is 0.507 e. The third-order valence-electron chi connectivity index (χ3n) is 1.95. The van der Waals surface area contributed by atoms with Crippen molar-refractivity contribution in [2.45, 2.75) is 6.92 Å². The molecule has 66 valence electrons. The fourth-order valence-corrected chi connectivity index (χ4v) is 2.26. The molecule has 0 aliphatic carbocycles. The number of hydrogen-bond donors (Lipinski definition) is 1. The van der Waals surface area contributed by atoms with Crippen molar-refractivity contribution in [2.75, 3.05) is 0 Å². The Hall–Kier alpha value is -1.35. The summed E-state index contributed by atoms with van der Waals surface area (Å²) < 4.78 is 1.01. The Morgan fingerprint density at radius 2 is 2.23 bits per heavy atom. The van der Waals surface area contributed by atoms with E-state index in [1.807, 2.05) is 19.1 Å². The number of rotatable bonds is 1. The molecule has 0 unspecified atom stereocenters. The molecule has 0 fully saturated rings. The van der Waals surface area contributed by atoms with Crippen molar-refractivity contribution in [3.05, 3.63) is 28.6 Å². The van der Waals surface area contributed by atoms with Gasteiger partial charge in [-0.1, -0.05) is 0 Å². The van der Waals surface area contributed by atoms with Gasteiger partial charge < -0.3 is 5.11 Å². The second-order valence-electron chi connectivity index (χ2n) is 2.89. The summed E-state index contributed by atoms with van der Waals surface area (Å²) >= 11 is 1.61. The summed E-state index contributed by atoms with van der Waals surface area (Å²) in [7, 11) is 0. The number of aldehydes is 1. The summed E-state index contributed by atoms with van der Waals surface area (Å²) in [5.74, 6) is 0.0943. The predicted molar refractivity (Wildman–Crippen MR) is 53.6 cm³/mol. The van der Waals surface area contributed by atoms with Gasteiger partial charge in [0.05, 0.1) is 5.56 Å². The number of phenolic OH excluding ortho intramolecular Hbond substituents is 1. The molecular weight excluding hydrogens is 184 g/mol. The van der Waals surface area contributed by atoms with Gasteiger partial charge in [0.1, 0.15) is 5.75 Å². The first kappa shape index (κ1) is 8.26. The van der Waals surface area contributed by atoms with Crippen LogP contribution in [0.3, 0.4) is 0 Å². The van der Waals surface area contributed by atoms with E-state index in [1.54, 1.807) is 17.4 Å². The first-order valence-corrected chi connectivity index (χ1v) is 4.71. The summed E-state index contributed by atoms with van der Waals surface area (Å²) in [6.45, 7) is 1.98. The highest BCUT2D eigenvalue weighted by Gasteiger charge is 2.07. The van der Waals surface area contributed by atoms with E-state index in [2.05, 4.69) is 0 Å². The predicted octanol–water partition coefficient (Wildman–Crippen LogP) is 2.73. The summed E-state index contributed by atoms with van der Waals surface area (Å²) in [4.78, 5) is 11.7. The zero-order valence-electron chi connectivity index (χ0n) is 7.07. The van der Waals surface area contributed by atoms with Crippen LogP contribution in [0.15, 0.2) is 18.2 Å². The monoisotopic (exact) mass is 192 g/mol. The lowest BCUT2D eigenvalue weighted by Gasteiger charge is -1.96. The number of aryl methyl sites for hydroxylation is 1. The highest BCUT2D eigenvalue weighted by atomic mass is 32.1. The number of hydrogen-bond acceptors (Lipinski definition) is 3. The van der Waals surface area contributed by atoms with Gasteiger partial charge in [0.15, 0.2) is 6.29 Å². The second kappa shape index (κ2) is 2.85. The molecule has 0 aliphatic heterocycles. The average molecular weight is 192 g/mol. The Bertz CT molecular complexity index is 471. The first-order chi connectivity index (χ1) is 6.22. The van der Waals surface area contributed by atoms with Gasteiger partial charge in [0.2, 0.25) is 0 Å². The van der Waals surface area contributed by atoms with E-state index in [9.17, 15) is 9.90 Å². The van der Waals surface area contributed by atoms with Crippen LogP contribution in [0.4, 0.5) is 0 Å². The molecule has 0 saturated heterocycles.